The molecule has 0 aliphatic heterocycles. The monoisotopic (exact) mass is 530 g/mol. The highest BCUT2D eigenvalue weighted by atomic mass is 32.2. The number of aryl methyl sites for hydroxylation is 1. The predicted octanol–water partition coefficient (Wildman–Crippen LogP) is 5.03. The molecule has 2 N–H and O–H groups in total. The molecule has 0 spiro atoms. The summed E-state index contributed by atoms with van der Waals surface area (Å²) in [6.07, 6.45) is 3.63. The minimum Gasteiger partial charge on any atom is -0.279 e. The SMILES string of the molecule is Cc1ccc[n+](-c2cc(NS(=O)(=O)c3ccccc3)c3ccccc3c2NS(=O)(=O)c2ccccc2)c1. The molecule has 0 fully saturated rings. The summed E-state index contributed by atoms with van der Waals surface area (Å²) in [7, 11) is -7.84. The number of benzene rings is 4. The maximum Gasteiger partial charge on any atom is 0.262 e. The molecule has 0 aliphatic carbocycles. The lowest BCUT2D eigenvalue weighted by Crippen LogP contribution is -2.32. The molecule has 1 heterocycles. The van der Waals surface area contributed by atoms with Gasteiger partial charge in [0, 0.05) is 28.5 Å². The molecule has 0 atom stereocenters. The van der Waals surface area contributed by atoms with Crippen LogP contribution in [0.25, 0.3) is 16.5 Å². The van der Waals surface area contributed by atoms with Crippen LogP contribution in [0.15, 0.2) is 125 Å². The van der Waals surface area contributed by atoms with E-state index in [0.29, 0.717) is 27.8 Å². The van der Waals surface area contributed by atoms with E-state index >= 15 is 0 Å². The first-order valence-electron chi connectivity index (χ1n) is 11.4. The molecule has 9 heteroatoms. The summed E-state index contributed by atoms with van der Waals surface area (Å²) in [6, 6.07) is 28.7. The third kappa shape index (κ3) is 5.04. The van der Waals surface area contributed by atoms with Gasteiger partial charge in [0.1, 0.15) is 5.69 Å². The van der Waals surface area contributed by atoms with Crippen molar-refractivity contribution in [2.45, 2.75) is 16.7 Å². The molecule has 0 aliphatic rings. The van der Waals surface area contributed by atoms with Gasteiger partial charge in [-0.2, -0.15) is 4.57 Å². The van der Waals surface area contributed by atoms with Crippen LogP contribution in [0.4, 0.5) is 11.4 Å². The maximum atomic E-state index is 13.4. The van der Waals surface area contributed by atoms with E-state index in [1.807, 2.05) is 25.3 Å². The smallest absolute Gasteiger partial charge is 0.262 e. The largest absolute Gasteiger partial charge is 0.279 e. The number of pyridine rings is 1. The quantitative estimate of drug-likeness (QED) is 0.289. The zero-order chi connectivity index (χ0) is 26.0. The number of hydrogen-bond donors (Lipinski definition) is 2. The fourth-order valence-electron chi connectivity index (χ4n) is 4.10. The van der Waals surface area contributed by atoms with Crippen LogP contribution in [-0.4, -0.2) is 16.8 Å². The van der Waals surface area contributed by atoms with Gasteiger partial charge in [-0.15, -0.1) is 0 Å². The number of rotatable bonds is 7. The second-order valence-electron chi connectivity index (χ2n) is 8.49. The molecule has 0 unspecified atom stereocenters. The van der Waals surface area contributed by atoms with Gasteiger partial charge >= 0.3 is 0 Å². The lowest BCUT2D eigenvalue weighted by molar-refractivity contribution is -0.595. The second-order valence-corrected chi connectivity index (χ2v) is 11.9. The minimum absolute atomic E-state index is 0.119. The summed E-state index contributed by atoms with van der Waals surface area (Å²) in [5, 5.41) is 1.09. The van der Waals surface area contributed by atoms with Crippen molar-refractivity contribution < 1.29 is 21.4 Å². The summed E-state index contributed by atoms with van der Waals surface area (Å²) in [5.74, 6) is 0. The molecule has 4 aromatic carbocycles. The van der Waals surface area contributed by atoms with Crippen molar-refractivity contribution >= 4 is 42.2 Å². The Bertz CT molecular complexity index is 1810. The van der Waals surface area contributed by atoms with Crippen LogP contribution in [0, 0.1) is 6.92 Å². The number of nitrogens with one attached hydrogen (secondary N) is 2. The number of aromatic nitrogens is 1. The molecule has 186 valence electrons. The second kappa shape index (κ2) is 9.68. The summed E-state index contributed by atoms with van der Waals surface area (Å²) < 4.78 is 60.4. The van der Waals surface area contributed by atoms with Crippen LogP contribution < -0.4 is 14.0 Å². The number of sulfonamides is 2. The highest BCUT2D eigenvalue weighted by Gasteiger charge is 2.26. The van der Waals surface area contributed by atoms with Crippen LogP contribution >= 0.6 is 0 Å². The van der Waals surface area contributed by atoms with Gasteiger partial charge in [0.2, 0.25) is 5.69 Å². The molecular weight excluding hydrogens is 506 g/mol. The minimum atomic E-state index is -3.94. The van der Waals surface area contributed by atoms with Crippen molar-refractivity contribution in [1.29, 1.82) is 0 Å². The number of hydrogen-bond acceptors (Lipinski definition) is 4. The van der Waals surface area contributed by atoms with E-state index in [1.165, 1.54) is 24.3 Å². The average molecular weight is 531 g/mol. The zero-order valence-corrected chi connectivity index (χ0v) is 21.5. The Morgan fingerprint density at radius 2 is 1.16 bits per heavy atom. The molecule has 5 aromatic rings. The van der Waals surface area contributed by atoms with E-state index in [1.54, 1.807) is 77.5 Å². The molecule has 37 heavy (non-hydrogen) atoms. The molecular formula is C28H24N3O4S2+. The van der Waals surface area contributed by atoms with Crippen molar-refractivity contribution in [3.63, 3.8) is 0 Å². The first-order chi connectivity index (χ1) is 17.7. The third-order valence-corrected chi connectivity index (χ3v) is 8.59. The Morgan fingerprint density at radius 1 is 0.622 bits per heavy atom. The number of anilines is 2. The lowest BCUT2D eigenvalue weighted by atomic mass is 10.1. The lowest BCUT2D eigenvalue weighted by Gasteiger charge is -2.16. The van der Waals surface area contributed by atoms with E-state index in [9.17, 15) is 16.8 Å². The Hall–Kier alpha value is -4.21. The van der Waals surface area contributed by atoms with Gasteiger partial charge in [-0.3, -0.25) is 9.44 Å². The topological polar surface area (TPSA) is 96.2 Å². The first-order valence-corrected chi connectivity index (χ1v) is 14.4. The van der Waals surface area contributed by atoms with Gasteiger partial charge in [0.05, 0.1) is 15.5 Å². The zero-order valence-electron chi connectivity index (χ0n) is 19.9. The van der Waals surface area contributed by atoms with Crippen LogP contribution in [0.3, 0.4) is 0 Å². The van der Waals surface area contributed by atoms with E-state index < -0.39 is 20.0 Å². The number of fused-ring (bicyclic) bond motifs is 1. The molecule has 7 nitrogen and oxygen atoms in total. The summed E-state index contributed by atoms with van der Waals surface area (Å²) in [6.45, 7) is 1.92. The van der Waals surface area contributed by atoms with E-state index in [0.717, 1.165) is 5.56 Å². The molecule has 0 saturated heterocycles. The van der Waals surface area contributed by atoms with Crippen molar-refractivity contribution in [2.24, 2.45) is 0 Å². The molecule has 0 radical (unpaired) electrons. The normalized spacial score (nSPS) is 11.8. The van der Waals surface area contributed by atoms with Crippen molar-refractivity contribution in [3.05, 3.63) is 121 Å². The van der Waals surface area contributed by atoms with Crippen LogP contribution in [0.1, 0.15) is 5.56 Å². The Kier molecular flexibility index (Phi) is 6.41. The average Bonchev–Trinajstić information content (AvgIpc) is 2.91. The Balaban J connectivity index is 1.75. The fourth-order valence-corrected chi connectivity index (χ4v) is 6.30. The van der Waals surface area contributed by atoms with Gasteiger partial charge in [-0.05, 0) is 37.3 Å². The molecule has 0 saturated carbocycles. The van der Waals surface area contributed by atoms with E-state index in [4.69, 9.17) is 0 Å². The predicted molar refractivity (Wildman–Crippen MR) is 145 cm³/mol. The summed E-state index contributed by atoms with van der Waals surface area (Å²) in [4.78, 5) is 0.242. The first kappa shape index (κ1) is 24.5. The third-order valence-electron chi connectivity index (χ3n) is 5.84. The van der Waals surface area contributed by atoms with E-state index in [-0.39, 0.29) is 9.79 Å². The van der Waals surface area contributed by atoms with Crippen LogP contribution in [0.2, 0.25) is 0 Å². The molecule has 0 bridgehead atoms. The Labute approximate surface area is 216 Å². The van der Waals surface area contributed by atoms with Gasteiger partial charge in [-0.1, -0.05) is 60.7 Å². The van der Waals surface area contributed by atoms with Gasteiger partial charge < -0.3 is 0 Å². The van der Waals surface area contributed by atoms with Crippen LogP contribution in [0.5, 0.6) is 0 Å². The highest BCUT2D eigenvalue weighted by molar-refractivity contribution is 7.93. The van der Waals surface area contributed by atoms with Gasteiger partial charge in [0.15, 0.2) is 12.4 Å². The maximum absolute atomic E-state index is 13.4. The van der Waals surface area contributed by atoms with Gasteiger partial charge in [-0.25, -0.2) is 16.8 Å². The highest BCUT2D eigenvalue weighted by Crippen LogP contribution is 2.36. The summed E-state index contributed by atoms with van der Waals surface area (Å²) >= 11 is 0. The number of nitrogens with zero attached hydrogens (tertiary/aromatic N) is 1. The summed E-state index contributed by atoms with van der Waals surface area (Å²) in [5.41, 5.74) is 2.07. The molecule has 5 rings (SSSR count). The van der Waals surface area contributed by atoms with Crippen molar-refractivity contribution in [1.82, 2.24) is 0 Å². The van der Waals surface area contributed by atoms with Crippen LogP contribution in [-0.2, 0) is 20.0 Å². The molecule has 0 amide bonds. The van der Waals surface area contributed by atoms with Gasteiger partial charge in [0.25, 0.3) is 20.0 Å². The van der Waals surface area contributed by atoms with Crippen molar-refractivity contribution in [3.8, 4) is 5.69 Å². The Morgan fingerprint density at radius 3 is 1.76 bits per heavy atom. The van der Waals surface area contributed by atoms with E-state index in [2.05, 4.69) is 9.44 Å². The molecule has 1 aromatic heterocycles. The van der Waals surface area contributed by atoms with Crippen molar-refractivity contribution in [2.75, 3.05) is 9.44 Å². The fraction of sp³-hybridized carbons (Fsp3) is 0.0357. The standard InChI is InChI=1S/C28H24N3O4S2/c1-21-11-10-18-31(20-21)27-19-26(29-36(32,33)22-12-4-2-5-13-22)24-16-8-9-17-25(24)28(27)30-37(34,35)23-14-6-3-7-15-23/h2-20,29-30H,1H3/q+1.